The summed E-state index contributed by atoms with van der Waals surface area (Å²) in [5.41, 5.74) is 7.21. The van der Waals surface area contributed by atoms with Crippen molar-refractivity contribution in [3.05, 3.63) is 35.9 Å². The third-order valence-corrected chi connectivity index (χ3v) is 5.19. The van der Waals surface area contributed by atoms with E-state index in [1.807, 2.05) is 23.1 Å². The fourth-order valence-electron chi connectivity index (χ4n) is 3.57. The van der Waals surface area contributed by atoms with Crippen LogP contribution in [0.3, 0.4) is 0 Å². The van der Waals surface area contributed by atoms with Crippen LogP contribution in [0, 0.1) is 5.92 Å². The van der Waals surface area contributed by atoms with Crippen molar-refractivity contribution in [2.45, 2.75) is 52.1 Å². The second kappa shape index (κ2) is 9.80. The molecule has 1 fully saturated rings. The molecule has 0 spiro atoms. The van der Waals surface area contributed by atoms with Gasteiger partial charge in [0.1, 0.15) is 0 Å². The Morgan fingerprint density at radius 3 is 2.42 bits per heavy atom. The molecule has 0 aliphatic heterocycles. The molecule has 24 heavy (non-hydrogen) atoms. The zero-order valence-electron chi connectivity index (χ0n) is 15.3. The summed E-state index contributed by atoms with van der Waals surface area (Å²) >= 11 is 0. The van der Waals surface area contributed by atoms with Gasteiger partial charge in [-0.2, -0.15) is 0 Å². The van der Waals surface area contributed by atoms with Crippen LogP contribution in [0.1, 0.15) is 45.1 Å². The predicted molar refractivity (Wildman–Crippen MR) is 99.6 cm³/mol. The second-order valence-corrected chi connectivity index (χ2v) is 6.97. The first-order valence-corrected chi connectivity index (χ1v) is 9.42. The Kier molecular flexibility index (Phi) is 7.73. The van der Waals surface area contributed by atoms with Crippen molar-refractivity contribution in [2.24, 2.45) is 11.7 Å². The van der Waals surface area contributed by atoms with Crippen LogP contribution in [-0.2, 0) is 11.3 Å². The van der Waals surface area contributed by atoms with Gasteiger partial charge in [0.15, 0.2) is 0 Å². The SMILES string of the molecule is CCN(CC)CCN(Cc1ccccc1)C(=O)C[C@@H]1CC[C@H](N)C1. The third kappa shape index (κ3) is 5.91. The van der Waals surface area contributed by atoms with Crippen LogP contribution in [0.15, 0.2) is 30.3 Å². The van der Waals surface area contributed by atoms with Gasteiger partial charge < -0.3 is 15.5 Å². The van der Waals surface area contributed by atoms with Crippen molar-refractivity contribution in [3.8, 4) is 0 Å². The first-order valence-electron chi connectivity index (χ1n) is 9.42. The fourth-order valence-corrected chi connectivity index (χ4v) is 3.57. The molecule has 0 bridgehead atoms. The Bertz CT molecular complexity index is 487. The number of rotatable bonds is 9. The van der Waals surface area contributed by atoms with E-state index in [2.05, 4.69) is 30.9 Å². The molecule has 1 aromatic rings. The van der Waals surface area contributed by atoms with E-state index in [9.17, 15) is 4.79 Å². The molecule has 1 amide bonds. The predicted octanol–water partition coefficient (Wildman–Crippen LogP) is 2.87. The molecule has 4 nitrogen and oxygen atoms in total. The summed E-state index contributed by atoms with van der Waals surface area (Å²) in [6, 6.07) is 10.6. The number of nitrogens with two attached hydrogens (primary N) is 1. The van der Waals surface area contributed by atoms with Crippen molar-refractivity contribution in [2.75, 3.05) is 26.2 Å². The molecule has 0 saturated heterocycles. The van der Waals surface area contributed by atoms with E-state index in [1.54, 1.807) is 0 Å². The molecule has 0 heterocycles. The average Bonchev–Trinajstić information content (AvgIpc) is 3.00. The van der Waals surface area contributed by atoms with E-state index in [0.717, 1.165) is 45.4 Å². The highest BCUT2D eigenvalue weighted by Gasteiger charge is 2.26. The molecule has 1 saturated carbocycles. The highest BCUT2D eigenvalue weighted by atomic mass is 16.2. The maximum atomic E-state index is 12.9. The number of likely N-dealkylation sites (N-methyl/N-ethyl adjacent to an activating group) is 1. The monoisotopic (exact) mass is 331 g/mol. The van der Waals surface area contributed by atoms with Crippen LogP contribution in [0.2, 0.25) is 0 Å². The quantitative estimate of drug-likeness (QED) is 0.757. The molecular formula is C20H33N3O. The molecular weight excluding hydrogens is 298 g/mol. The Morgan fingerprint density at radius 1 is 1.12 bits per heavy atom. The molecule has 1 aliphatic rings. The summed E-state index contributed by atoms with van der Waals surface area (Å²) < 4.78 is 0. The molecule has 4 heteroatoms. The summed E-state index contributed by atoms with van der Waals surface area (Å²) in [4.78, 5) is 17.3. The van der Waals surface area contributed by atoms with E-state index < -0.39 is 0 Å². The number of amides is 1. The van der Waals surface area contributed by atoms with Gasteiger partial charge in [-0.05, 0) is 43.8 Å². The van der Waals surface area contributed by atoms with Gasteiger partial charge in [0.2, 0.25) is 5.91 Å². The van der Waals surface area contributed by atoms with Gasteiger partial charge in [0.05, 0.1) is 0 Å². The van der Waals surface area contributed by atoms with Crippen molar-refractivity contribution in [1.29, 1.82) is 0 Å². The number of hydrogen-bond acceptors (Lipinski definition) is 3. The van der Waals surface area contributed by atoms with Crippen molar-refractivity contribution < 1.29 is 4.79 Å². The Hall–Kier alpha value is -1.39. The number of carbonyl (C=O) groups is 1. The normalized spacial score (nSPS) is 20.5. The standard InChI is InChI=1S/C20H33N3O/c1-3-22(4-2)12-13-23(16-17-8-6-5-7-9-17)20(24)15-18-10-11-19(21)14-18/h5-9,18-19H,3-4,10-16,21H2,1-2H3/t18-,19+/m1/s1. The van der Waals surface area contributed by atoms with Crippen LogP contribution >= 0.6 is 0 Å². The van der Waals surface area contributed by atoms with Gasteiger partial charge in [-0.25, -0.2) is 0 Å². The molecule has 1 aromatic carbocycles. The van der Waals surface area contributed by atoms with Crippen LogP contribution < -0.4 is 5.73 Å². The minimum absolute atomic E-state index is 0.283. The first kappa shape index (κ1) is 18.9. The lowest BCUT2D eigenvalue weighted by Gasteiger charge is -2.27. The highest BCUT2D eigenvalue weighted by molar-refractivity contribution is 5.76. The van der Waals surface area contributed by atoms with Crippen LogP contribution in [0.25, 0.3) is 0 Å². The molecule has 134 valence electrons. The van der Waals surface area contributed by atoms with Crippen molar-refractivity contribution in [3.63, 3.8) is 0 Å². The number of nitrogens with zero attached hydrogens (tertiary/aromatic N) is 2. The van der Waals surface area contributed by atoms with Gasteiger partial charge in [-0.1, -0.05) is 44.2 Å². The van der Waals surface area contributed by atoms with Crippen LogP contribution in [0.5, 0.6) is 0 Å². The van der Waals surface area contributed by atoms with E-state index >= 15 is 0 Å². The lowest BCUT2D eigenvalue weighted by molar-refractivity contribution is -0.133. The largest absolute Gasteiger partial charge is 0.337 e. The van der Waals surface area contributed by atoms with E-state index in [0.29, 0.717) is 24.9 Å². The maximum Gasteiger partial charge on any atom is 0.223 e. The lowest BCUT2D eigenvalue weighted by atomic mass is 10.0. The Labute approximate surface area is 147 Å². The zero-order valence-corrected chi connectivity index (χ0v) is 15.3. The third-order valence-electron chi connectivity index (χ3n) is 5.19. The smallest absolute Gasteiger partial charge is 0.223 e. The average molecular weight is 332 g/mol. The minimum Gasteiger partial charge on any atom is -0.337 e. The molecule has 0 unspecified atom stereocenters. The van der Waals surface area contributed by atoms with Crippen molar-refractivity contribution >= 4 is 5.91 Å². The van der Waals surface area contributed by atoms with Gasteiger partial charge in [-0.3, -0.25) is 4.79 Å². The number of hydrogen-bond donors (Lipinski definition) is 1. The lowest BCUT2D eigenvalue weighted by Crippen LogP contribution is -2.39. The summed E-state index contributed by atoms with van der Waals surface area (Å²) in [6.45, 7) is 8.85. The summed E-state index contributed by atoms with van der Waals surface area (Å²) in [6.07, 6.45) is 3.82. The molecule has 2 rings (SSSR count). The minimum atomic E-state index is 0.283. The Morgan fingerprint density at radius 2 is 1.83 bits per heavy atom. The van der Waals surface area contributed by atoms with Gasteiger partial charge in [0, 0.05) is 32.1 Å². The zero-order chi connectivity index (χ0) is 17.4. The van der Waals surface area contributed by atoms with Crippen LogP contribution in [0.4, 0.5) is 0 Å². The maximum absolute atomic E-state index is 12.9. The second-order valence-electron chi connectivity index (χ2n) is 6.97. The van der Waals surface area contributed by atoms with E-state index in [1.165, 1.54) is 5.56 Å². The first-order chi connectivity index (χ1) is 11.6. The van der Waals surface area contributed by atoms with Gasteiger partial charge in [0.25, 0.3) is 0 Å². The summed E-state index contributed by atoms with van der Waals surface area (Å²) in [5, 5.41) is 0. The van der Waals surface area contributed by atoms with Gasteiger partial charge >= 0.3 is 0 Å². The van der Waals surface area contributed by atoms with E-state index in [4.69, 9.17) is 5.73 Å². The van der Waals surface area contributed by atoms with Gasteiger partial charge in [-0.15, -0.1) is 0 Å². The number of benzene rings is 1. The van der Waals surface area contributed by atoms with E-state index in [-0.39, 0.29) is 5.91 Å². The number of carbonyl (C=O) groups excluding carboxylic acids is 1. The summed E-state index contributed by atoms with van der Waals surface area (Å²) in [7, 11) is 0. The molecule has 0 aromatic heterocycles. The van der Waals surface area contributed by atoms with Crippen LogP contribution in [-0.4, -0.2) is 47.9 Å². The molecule has 2 atom stereocenters. The highest BCUT2D eigenvalue weighted by Crippen LogP contribution is 2.27. The van der Waals surface area contributed by atoms with Crippen molar-refractivity contribution in [1.82, 2.24) is 9.80 Å². The fraction of sp³-hybridized carbons (Fsp3) is 0.650. The molecule has 2 N–H and O–H groups in total. The topological polar surface area (TPSA) is 49.6 Å². The molecule has 1 aliphatic carbocycles. The Balaban J connectivity index is 1.96. The summed E-state index contributed by atoms with van der Waals surface area (Å²) in [5.74, 6) is 0.754. The molecule has 0 radical (unpaired) electrons.